The molecule has 0 aliphatic carbocycles. The highest BCUT2D eigenvalue weighted by Gasteiger charge is 2.04. The molecule has 0 fully saturated rings. The molecule has 0 aromatic carbocycles. The van der Waals surface area contributed by atoms with Gasteiger partial charge in [0.1, 0.15) is 6.29 Å². The Morgan fingerprint density at radius 3 is 2.30 bits per heavy atom. The number of hydrogen-bond acceptors (Lipinski definition) is 2. The molecule has 2 unspecified atom stereocenters. The largest absolute Gasteiger partial charge is 0.393 e. The maximum Gasteiger partial charge on any atom is 0.145 e. The highest BCUT2D eigenvalue weighted by atomic mass is 16.3. The van der Waals surface area contributed by atoms with Gasteiger partial charge in [0.15, 0.2) is 0 Å². The van der Waals surface area contributed by atoms with Crippen molar-refractivity contribution < 1.29 is 9.90 Å². The van der Waals surface area contributed by atoms with Crippen molar-refractivity contribution in [1.29, 1.82) is 0 Å². The molecule has 0 spiro atoms. The molecular formula is C8H14O2. The van der Waals surface area contributed by atoms with Crippen LogP contribution in [0.3, 0.4) is 0 Å². The number of carbonyl (C=O) groups is 1. The van der Waals surface area contributed by atoms with Crippen LogP contribution in [0.5, 0.6) is 0 Å². The summed E-state index contributed by atoms with van der Waals surface area (Å²) in [6.45, 7) is 5.31. The summed E-state index contributed by atoms with van der Waals surface area (Å²) in [5.74, 6) is 0.0604. The lowest BCUT2D eigenvalue weighted by atomic mass is 10.0. The lowest BCUT2D eigenvalue weighted by Crippen LogP contribution is -2.10. The number of rotatable bonds is 3. The van der Waals surface area contributed by atoms with Gasteiger partial charge in [0.2, 0.25) is 0 Å². The molecule has 0 aliphatic heterocycles. The molecule has 0 amide bonds. The number of hydrogen-bond donors (Lipinski definition) is 1. The quantitative estimate of drug-likeness (QED) is 0.474. The first kappa shape index (κ1) is 9.37. The lowest BCUT2D eigenvalue weighted by molar-refractivity contribution is -0.104. The highest BCUT2D eigenvalue weighted by Crippen LogP contribution is 2.05. The Morgan fingerprint density at radius 1 is 1.50 bits per heavy atom. The summed E-state index contributed by atoms with van der Waals surface area (Å²) in [6.07, 6.45) is 2.17. The number of aliphatic hydroxyl groups is 1. The molecule has 0 radical (unpaired) electrons. The van der Waals surface area contributed by atoms with Crippen LogP contribution in [0.2, 0.25) is 0 Å². The van der Waals surface area contributed by atoms with E-state index >= 15 is 0 Å². The minimum atomic E-state index is -0.380. The third-order valence-electron chi connectivity index (χ3n) is 1.47. The summed E-state index contributed by atoms with van der Waals surface area (Å²) in [7, 11) is 0. The Hall–Kier alpha value is -0.630. The van der Waals surface area contributed by atoms with Gasteiger partial charge in [-0.25, -0.2) is 0 Å². The molecule has 2 nitrogen and oxygen atoms in total. The molecule has 0 aromatic heterocycles. The predicted octanol–water partition coefficient (Wildman–Crippen LogP) is 1.15. The van der Waals surface area contributed by atoms with Crippen molar-refractivity contribution in [2.45, 2.75) is 26.9 Å². The van der Waals surface area contributed by atoms with Crippen molar-refractivity contribution in [3.05, 3.63) is 11.6 Å². The summed E-state index contributed by atoms with van der Waals surface area (Å²) in [4.78, 5) is 10.1. The summed E-state index contributed by atoms with van der Waals surface area (Å²) >= 11 is 0. The molecule has 2 atom stereocenters. The van der Waals surface area contributed by atoms with Crippen molar-refractivity contribution >= 4 is 6.29 Å². The predicted molar refractivity (Wildman–Crippen MR) is 40.7 cm³/mol. The molecule has 0 aromatic rings. The summed E-state index contributed by atoms with van der Waals surface area (Å²) in [5.41, 5.74) is 0.674. The van der Waals surface area contributed by atoms with Crippen LogP contribution in [-0.4, -0.2) is 17.5 Å². The van der Waals surface area contributed by atoms with Crippen LogP contribution in [0.4, 0.5) is 0 Å². The van der Waals surface area contributed by atoms with Gasteiger partial charge in [-0.2, -0.15) is 0 Å². The Balaban J connectivity index is 3.98. The van der Waals surface area contributed by atoms with E-state index in [-0.39, 0.29) is 12.0 Å². The Bertz CT molecular complexity index is 136. The molecule has 58 valence electrons. The van der Waals surface area contributed by atoms with Gasteiger partial charge in [0.05, 0.1) is 6.10 Å². The van der Waals surface area contributed by atoms with Gasteiger partial charge in [0.25, 0.3) is 0 Å². The second-order valence-electron chi connectivity index (χ2n) is 2.63. The van der Waals surface area contributed by atoms with E-state index in [0.717, 1.165) is 6.29 Å². The van der Waals surface area contributed by atoms with Gasteiger partial charge in [-0.1, -0.05) is 13.0 Å². The van der Waals surface area contributed by atoms with Crippen molar-refractivity contribution in [1.82, 2.24) is 0 Å². The number of allylic oxidation sites excluding steroid dienone is 1. The Kier molecular flexibility index (Phi) is 3.96. The maximum atomic E-state index is 10.1. The van der Waals surface area contributed by atoms with E-state index in [0.29, 0.717) is 5.57 Å². The van der Waals surface area contributed by atoms with Crippen LogP contribution < -0.4 is 0 Å². The minimum Gasteiger partial charge on any atom is -0.393 e. The van der Waals surface area contributed by atoms with Crippen LogP contribution >= 0.6 is 0 Å². The smallest absolute Gasteiger partial charge is 0.145 e. The van der Waals surface area contributed by atoms with E-state index in [4.69, 9.17) is 5.11 Å². The monoisotopic (exact) mass is 142 g/mol. The number of aliphatic hydroxyl groups excluding tert-OH is 1. The number of carbonyl (C=O) groups excluding carboxylic acids is 1. The van der Waals surface area contributed by atoms with E-state index in [1.54, 1.807) is 19.9 Å². The fourth-order valence-corrected chi connectivity index (χ4v) is 0.593. The van der Waals surface area contributed by atoms with Gasteiger partial charge in [-0.05, 0) is 19.4 Å². The van der Waals surface area contributed by atoms with E-state index in [9.17, 15) is 4.79 Å². The zero-order valence-corrected chi connectivity index (χ0v) is 6.66. The molecule has 0 heterocycles. The topological polar surface area (TPSA) is 37.3 Å². The molecule has 0 saturated heterocycles. The highest BCUT2D eigenvalue weighted by molar-refractivity contribution is 5.72. The fraction of sp³-hybridized carbons (Fsp3) is 0.625. The van der Waals surface area contributed by atoms with Crippen LogP contribution in [0.25, 0.3) is 0 Å². The van der Waals surface area contributed by atoms with E-state index in [1.165, 1.54) is 0 Å². The summed E-state index contributed by atoms with van der Waals surface area (Å²) in [6, 6.07) is 0. The van der Waals surface area contributed by atoms with Gasteiger partial charge >= 0.3 is 0 Å². The molecule has 0 rings (SSSR count). The molecular weight excluding hydrogens is 128 g/mol. The summed E-state index contributed by atoms with van der Waals surface area (Å²) < 4.78 is 0. The zero-order chi connectivity index (χ0) is 8.15. The maximum absolute atomic E-state index is 10.1. The van der Waals surface area contributed by atoms with Crippen LogP contribution in [0, 0.1) is 5.92 Å². The first-order chi connectivity index (χ1) is 4.57. The zero-order valence-electron chi connectivity index (χ0n) is 6.66. The average Bonchev–Trinajstić information content (AvgIpc) is 1.87. The Labute approximate surface area is 61.6 Å². The van der Waals surface area contributed by atoms with Crippen LogP contribution in [-0.2, 0) is 4.79 Å². The Morgan fingerprint density at radius 2 is 2.00 bits per heavy atom. The normalized spacial score (nSPS) is 18.2. The molecule has 0 saturated carbocycles. The van der Waals surface area contributed by atoms with Crippen molar-refractivity contribution in [3.8, 4) is 0 Å². The standard InChI is InChI=1S/C8H14O2/c1-6(5-9)4-7(2)8(3)10/h4-5,7-8,10H,1-3H3/b6-4+. The molecule has 10 heavy (non-hydrogen) atoms. The average molecular weight is 142 g/mol. The van der Waals surface area contributed by atoms with Crippen molar-refractivity contribution in [2.24, 2.45) is 5.92 Å². The molecule has 0 aliphatic rings. The van der Waals surface area contributed by atoms with Gasteiger partial charge < -0.3 is 5.11 Å². The third kappa shape index (κ3) is 3.41. The van der Waals surface area contributed by atoms with Crippen molar-refractivity contribution in [3.63, 3.8) is 0 Å². The van der Waals surface area contributed by atoms with Crippen LogP contribution in [0.15, 0.2) is 11.6 Å². The fourth-order valence-electron chi connectivity index (χ4n) is 0.593. The van der Waals surface area contributed by atoms with Gasteiger partial charge in [-0.15, -0.1) is 0 Å². The van der Waals surface area contributed by atoms with Crippen molar-refractivity contribution in [2.75, 3.05) is 0 Å². The van der Waals surface area contributed by atoms with Gasteiger partial charge in [0, 0.05) is 5.92 Å². The summed E-state index contributed by atoms with van der Waals surface area (Å²) in [5, 5.41) is 9.00. The molecule has 2 heteroatoms. The first-order valence-electron chi connectivity index (χ1n) is 3.39. The number of aldehydes is 1. The van der Waals surface area contributed by atoms with E-state index in [1.807, 2.05) is 6.92 Å². The lowest BCUT2D eigenvalue weighted by Gasteiger charge is -2.08. The van der Waals surface area contributed by atoms with E-state index < -0.39 is 0 Å². The van der Waals surface area contributed by atoms with Gasteiger partial charge in [-0.3, -0.25) is 4.79 Å². The third-order valence-corrected chi connectivity index (χ3v) is 1.47. The molecule has 1 N–H and O–H groups in total. The second kappa shape index (κ2) is 4.23. The van der Waals surface area contributed by atoms with Crippen LogP contribution in [0.1, 0.15) is 20.8 Å². The second-order valence-corrected chi connectivity index (χ2v) is 2.63. The van der Waals surface area contributed by atoms with E-state index in [2.05, 4.69) is 0 Å². The minimum absolute atomic E-state index is 0.0604. The first-order valence-corrected chi connectivity index (χ1v) is 3.39. The molecule has 0 bridgehead atoms. The SMILES string of the molecule is C/C(C=O)=C\C(C)C(C)O.